The summed E-state index contributed by atoms with van der Waals surface area (Å²) in [5.41, 5.74) is -0.0511. The van der Waals surface area contributed by atoms with E-state index in [9.17, 15) is 18.3 Å². The van der Waals surface area contributed by atoms with Gasteiger partial charge in [0.1, 0.15) is 13.1 Å². The lowest BCUT2D eigenvalue weighted by Crippen LogP contribution is -2.86. The van der Waals surface area contributed by atoms with Crippen molar-refractivity contribution in [1.82, 2.24) is 0 Å². The Hall–Kier alpha value is -2.34. The predicted octanol–water partition coefficient (Wildman–Crippen LogP) is 4.36. The first kappa shape index (κ1) is 20.4. The monoisotopic (exact) mass is 406 g/mol. The van der Waals surface area contributed by atoms with Crippen molar-refractivity contribution in [2.24, 2.45) is 0 Å². The lowest BCUT2D eigenvalue weighted by Gasteiger charge is -2.28. The van der Waals surface area contributed by atoms with Gasteiger partial charge in [-0.15, -0.1) is 0 Å². The van der Waals surface area contributed by atoms with Crippen molar-refractivity contribution in [3.63, 3.8) is 0 Å². The summed E-state index contributed by atoms with van der Waals surface area (Å²) in [7, 11) is 0. The lowest BCUT2D eigenvalue weighted by atomic mass is 9.86. The highest BCUT2D eigenvalue weighted by molar-refractivity contribution is 6.30. The average molecular weight is 407 g/mol. The SMILES string of the molecule is OC(C[NH2+]Cc1cccc(C(F)(F)F)c1)(c1ccccc1)c1ccc(Cl)cc1. The van der Waals surface area contributed by atoms with Crippen LogP contribution in [-0.4, -0.2) is 11.7 Å². The zero-order valence-corrected chi connectivity index (χ0v) is 15.7. The van der Waals surface area contributed by atoms with Gasteiger partial charge in [0.25, 0.3) is 0 Å². The third-order valence-electron chi connectivity index (χ3n) is 4.65. The van der Waals surface area contributed by atoms with Crippen LogP contribution in [0.15, 0.2) is 78.9 Å². The maximum Gasteiger partial charge on any atom is 0.416 e. The zero-order chi connectivity index (χ0) is 20.2. The third kappa shape index (κ3) is 4.73. The Balaban J connectivity index is 1.81. The summed E-state index contributed by atoms with van der Waals surface area (Å²) in [6.45, 7) is 0.557. The maximum atomic E-state index is 12.9. The van der Waals surface area contributed by atoms with Crippen LogP contribution in [0.1, 0.15) is 22.3 Å². The molecule has 3 rings (SSSR count). The van der Waals surface area contributed by atoms with Crippen LogP contribution in [0.3, 0.4) is 0 Å². The maximum absolute atomic E-state index is 12.9. The molecule has 28 heavy (non-hydrogen) atoms. The molecule has 0 aliphatic carbocycles. The van der Waals surface area contributed by atoms with Gasteiger partial charge in [0, 0.05) is 10.6 Å². The molecule has 0 saturated carbocycles. The Kier molecular flexibility index (Phi) is 6.08. The van der Waals surface area contributed by atoms with Gasteiger partial charge in [-0.25, -0.2) is 0 Å². The molecule has 0 aliphatic rings. The standard InChI is InChI=1S/C22H19ClF3NO/c23-20-11-9-18(10-12-20)21(28,17-6-2-1-3-7-17)15-27-14-16-5-4-8-19(13-16)22(24,25)26/h1-13,27-28H,14-15H2/p+1. The van der Waals surface area contributed by atoms with E-state index in [0.29, 0.717) is 28.3 Å². The summed E-state index contributed by atoms with van der Waals surface area (Å²) in [6.07, 6.45) is -4.37. The predicted molar refractivity (Wildman–Crippen MR) is 103 cm³/mol. The van der Waals surface area contributed by atoms with E-state index in [-0.39, 0.29) is 6.54 Å². The van der Waals surface area contributed by atoms with Gasteiger partial charge < -0.3 is 10.4 Å². The third-order valence-corrected chi connectivity index (χ3v) is 4.90. The van der Waals surface area contributed by atoms with Crippen LogP contribution < -0.4 is 5.32 Å². The Labute approximate surface area is 166 Å². The molecule has 3 aromatic carbocycles. The summed E-state index contributed by atoms with van der Waals surface area (Å²) in [5.74, 6) is 0. The zero-order valence-electron chi connectivity index (χ0n) is 15.0. The van der Waals surface area contributed by atoms with Crippen molar-refractivity contribution in [2.45, 2.75) is 18.3 Å². The second-order valence-electron chi connectivity index (χ2n) is 6.63. The van der Waals surface area contributed by atoms with E-state index in [1.165, 1.54) is 6.07 Å². The molecule has 0 saturated heterocycles. The average Bonchev–Trinajstić information content (AvgIpc) is 2.68. The molecule has 0 aliphatic heterocycles. The summed E-state index contributed by atoms with van der Waals surface area (Å²) in [5, 5.41) is 13.8. The van der Waals surface area contributed by atoms with Crippen LogP contribution in [0, 0.1) is 0 Å². The first-order chi connectivity index (χ1) is 13.3. The number of halogens is 4. The fourth-order valence-corrected chi connectivity index (χ4v) is 3.29. The fraction of sp³-hybridized carbons (Fsp3) is 0.182. The van der Waals surface area contributed by atoms with Gasteiger partial charge in [0.05, 0.1) is 5.56 Å². The van der Waals surface area contributed by atoms with Gasteiger partial charge >= 0.3 is 6.18 Å². The highest BCUT2D eigenvalue weighted by atomic mass is 35.5. The lowest BCUT2D eigenvalue weighted by molar-refractivity contribution is -0.682. The molecule has 0 fully saturated rings. The molecule has 0 heterocycles. The molecule has 0 radical (unpaired) electrons. The normalized spacial score (nSPS) is 13.9. The van der Waals surface area contributed by atoms with Crippen LogP contribution in [0.5, 0.6) is 0 Å². The topological polar surface area (TPSA) is 36.8 Å². The Morgan fingerprint density at radius 3 is 2.04 bits per heavy atom. The number of aliphatic hydroxyl groups is 1. The summed E-state index contributed by atoms with van der Waals surface area (Å²) < 4.78 is 38.7. The molecule has 0 amide bonds. The number of hydrogen-bond acceptors (Lipinski definition) is 1. The smallest absolute Gasteiger partial charge is 0.375 e. The quantitative estimate of drug-likeness (QED) is 0.627. The molecule has 3 aromatic rings. The highest BCUT2D eigenvalue weighted by Gasteiger charge is 2.34. The van der Waals surface area contributed by atoms with Crippen molar-refractivity contribution < 1.29 is 23.6 Å². The van der Waals surface area contributed by atoms with Crippen molar-refractivity contribution in [1.29, 1.82) is 0 Å². The van der Waals surface area contributed by atoms with Crippen molar-refractivity contribution in [2.75, 3.05) is 6.54 Å². The van der Waals surface area contributed by atoms with Crippen molar-refractivity contribution in [3.8, 4) is 0 Å². The number of nitrogens with two attached hydrogens (primary N) is 1. The molecule has 146 valence electrons. The van der Waals surface area contributed by atoms with Crippen LogP contribution in [0.25, 0.3) is 0 Å². The molecule has 1 unspecified atom stereocenters. The second-order valence-corrected chi connectivity index (χ2v) is 7.06. The molecular weight excluding hydrogens is 387 g/mol. The van der Waals surface area contributed by atoms with E-state index < -0.39 is 17.3 Å². The first-order valence-corrected chi connectivity index (χ1v) is 9.18. The molecule has 1 atom stereocenters. The van der Waals surface area contributed by atoms with E-state index >= 15 is 0 Å². The van der Waals surface area contributed by atoms with Crippen molar-refractivity contribution in [3.05, 3.63) is 106 Å². The molecule has 0 aromatic heterocycles. The number of alkyl halides is 3. The number of benzene rings is 3. The van der Waals surface area contributed by atoms with Crippen LogP contribution in [-0.2, 0) is 18.3 Å². The number of rotatable bonds is 6. The molecule has 3 N–H and O–H groups in total. The molecule has 0 bridgehead atoms. The van der Waals surface area contributed by atoms with Gasteiger partial charge in [0.15, 0.2) is 5.60 Å². The number of quaternary nitrogens is 1. The van der Waals surface area contributed by atoms with E-state index in [1.54, 1.807) is 35.6 Å². The first-order valence-electron chi connectivity index (χ1n) is 8.81. The van der Waals surface area contributed by atoms with Crippen molar-refractivity contribution >= 4 is 11.6 Å². The number of hydrogen-bond donors (Lipinski definition) is 2. The van der Waals surface area contributed by atoms with Gasteiger partial charge in [-0.3, -0.25) is 0 Å². The molecule has 0 spiro atoms. The van der Waals surface area contributed by atoms with Crippen LogP contribution in [0.4, 0.5) is 13.2 Å². The van der Waals surface area contributed by atoms with E-state index in [0.717, 1.165) is 12.1 Å². The highest BCUT2D eigenvalue weighted by Crippen LogP contribution is 2.30. The second kappa shape index (κ2) is 8.35. The van der Waals surface area contributed by atoms with Gasteiger partial charge in [-0.1, -0.05) is 66.2 Å². The van der Waals surface area contributed by atoms with E-state index in [2.05, 4.69) is 0 Å². The summed E-state index contributed by atoms with van der Waals surface area (Å²) in [4.78, 5) is 0. The minimum atomic E-state index is -4.37. The Morgan fingerprint density at radius 1 is 0.786 bits per heavy atom. The Morgan fingerprint density at radius 2 is 1.39 bits per heavy atom. The van der Waals surface area contributed by atoms with Crippen LogP contribution in [0.2, 0.25) is 5.02 Å². The van der Waals surface area contributed by atoms with Gasteiger partial charge in [0.2, 0.25) is 0 Å². The van der Waals surface area contributed by atoms with Crippen LogP contribution >= 0.6 is 11.6 Å². The van der Waals surface area contributed by atoms with E-state index in [4.69, 9.17) is 11.6 Å². The minimum Gasteiger partial charge on any atom is -0.375 e. The van der Waals surface area contributed by atoms with Gasteiger partial charge in [-0.2, -0.15) is 13.2 Å². The fourth-order valence-electron chi connectivity index (χ4n) is 3.16. The Bertz CT molecular complexity index is 913. The summed E-state index contributed by atoms with van der Waals surface area (Å²) >= 11 is 5.96. The molecule has 2 nitrogen and oxygen atoms in total. The molecular formula is C22H20ClF3NO+. The largest absolute Gasteiger partial charge is 0.416 e. The summed E-state index contributed by atoms with van der Waals surface area (Å²) in [6, 6.07) is 21.3. The van der Waals surface area contributed by atoms with Gasteiger partial charge in [-0.05, 0) is 35.4 Å². The molecule has 6 heteroatoms. The minimum absolute atomic E-state index is 0.245. The van der Waals surface area contributed by atoms with E-state index in [1.807, 2.05) is 30.3 Å².